The Hall–Kier alpha value is -2.78. The van der Waals surface area contributed by atoms with E-state index in [0.29, 0.717) is 6.54 Å². The van der Waals surface area contributed by atoms with E-state index in [-0.39, 0.29) is 24.8 Å². The molecule has 0 spiro atoms. The van der Waals surface area contributed by atoms with Gasteiger partial charge in [-0.1, -0.05) is 50.3 Å². The van der Waals surface area contributed by atoms with Gasteiger partial charge in [-0.2, -0.15) is 0 Å². The molecule has 3 heterocycles. The molecule has 0 radical (unpaired) electrons. The van der Waals surface area contributed by atoms with Gasteiger partial charge in [-0.05, 0) is 16.5 Å². The van der Waals surface area contributed by atoms with Gasteiger partial charge in [0.1, 0.15) is 12.1 Å². The molecule has 2 unspecified atom stereocenters. The molecule has 2 aliphatic heterocycles. The van der Waals surface area contributed by atoms with E-state index in [0.717, 1.165) is 18.8 Å². The fourth-order valence-corrected chi connectivity index (χ4v) is 4.77. The maximum Gasteiger partial charge on any atom is 0.248 e. The van der Waals surface area contributed by atoms with Crippen LogP contribution in [0.2, 0.25) is 0 Å². The first-order valence-corrected chi connectivity index (χ1v) is 11.1. The lowest BCUT2D eigenvalue weighted by atomic mass is 9.85. The van der Waals surface area contributed by atoms with Gasteiger partial charge in [0.2, 0.25) is 11.8 Å². The Bertz CT molecular complexity index is 973. The van der Waals surface area contributed by atoms with Crippen molar-refractivity contribution in [3.63, 3.8) is 0 Å². The van der Waals surface area contributed by atoms with Crippen molar-refractivity contribution in [1.82, 2.24) is 30.1 Å². The summed E-state index contributed by atoms with van der Waals surface area (Å²) in [5.41, 5.74) is 2.99. The summed E-state index contributed by atoms with van der Waals surface area (Å²) in [6, 6.07) is 7.08. The molecule has 0 saturated carbocycles. The number of carbonyl (C=O) groups is 2. The Labute approximate surface area is 188 Å². The number of hydrogen-bond donors (Lipinski definition) is 2. The highest BCUT2D eigenvalue weighted by molar-refractivity contribution is 5.90. The summed E-state index contributed by atoms with van der Waals surface area (Å²) < 4.78 is 1.62. The highest BCUT2D eigenvalue weighted by atomic mass is 16.3. The predicted octanol–water partition coefficient (Wildman–Crippen LogP) is 1.09. The Morgan fingerprint density at radius 1 is 1.22 bits per heavy atom. The number of fused-ring (bicyclic) bond motifs is 1. The van der Waals surface area contributed by atoms with E-state index in [1.165, 1.54) is 23.1 Å². The lowest BCUT2D eigenvalue weighted by Gasteiger charge is -2.34. The summed E-state index contributed by atoms with van der Waals surface area (Å²) >= 11 is 0. The molecule has 1 aromatic carbocycles. The van der Waals surface area contributed by atoms with Gasteiger partial charge < -0.3 is 15.3 Å². The maximum atomic E-state index is 13.6. The number of aromatic nitrogens is 3. The molecule has 2 aliphatic rings. The molecule has 3 atom stereocenters. The minimum Gasteiger partial charge on any atom is -0.391 e. The number of nitrogens with zero attached hydrogens (tertiary/aromatic N) is 5. The van der Waals surface area contributed by atoms with E-state index < -0.39 is 23.6 Å². The Balaban J connectivity index is 1.53. The lowest BCUT2D eigenvalue weighted by Crippen LogP contribution is -2.49. The lowest BCUT2D eigenvalue weighted by molar-refractivity contribution is -0.144. The Morgan fingerprint density at radius 2 is 1.88 bits per heavy atom. The van der Waals surface area contributed by atoms with Crippen LogP contribution >= 0.6 is 0 Å². The largest absolute Gasteiger partial charge is 0.391 e. The fourth-order valence-electron chi connectivity index (χ4n) is 4.77. The third-order valence-electron chi connectivity index (χ3n) is 6.28. The van der Waals surface area contributed by atoms with Gasteiger partial charge in [0, 0.05) is 39.6 Å². The minimum atomic E-state index is -0.718. The van der Waals surface area contributed by atoms with Gasteiger partial charge in [0.05, 0.1) is 18.0 Å². The summed E-state index contributed by atoms with van der Waals surface area (Å²) in [6.45, 7) is 8.41. The number of rotatable bonds is 5. The van der Waals surface area contributed by atoms with Crippen molar-refractivity contribution < 1.29 is 14.7 Å². The Kier molecular flexibility index (Phi) is 6.05. The zero-order valence-corrected chi connectivity index (χ0v) is 19.2. The van der Waals surface area contributed by atoms with Crippen LogP contribution in [0.15, 0.2) is 30.5 Å². The van der Waals surface area contributed by atoms with E-state index >= 15 is 0 Å². The number of likely N-dealkylation sites (tertiary alicyclic amines) is 1. The van der Waals surface area contributed by atoms with Crippen LogP contribution in [0.5, 0.6) is 0 Å². The van der Waals surface area contributed by atoms with Crippen LogP contribution in [0.1, 0.15) is 50.1 Å². The number of carbonyl (C=O) groups excluding carboxylic acids is 2. The van der Waals surface area contributed by atoms with E-state index in [1.54, 1.807) is 4.68 Å². The molecule has 4 rings (SSSR count). The molecule has 2 amide bonds. The summed E-state index contributed by atoms with van der Waals surface area (Å²) in [6.07, 6.45) is 1.35. The molecule has 0 bridgehead atoms. The second kappa shape index (κ2) is 8.63. The van der Waals surface area contributed by atoms with Crippen LogP contribution in [0.25, 0.3) is 0 Å². The molecule has 2 N–H and O–H groups in total. The molecule has 2 aromatic rings. The minimum absolute atomic E-state index is 0.136. The van der Waals surface area contributed by atoms with Gasteiger partial charge in [-0.15, -0.1) is 5.10 Å². The molecule has 172 valence electrons. The number of likely N-dealkylation sites (N-methyl/N-ethyl adjacent to an activating group) is 1. The first-order chi connectivity index (χ1) is 15.2. The van der Waals surface area contributed by atoms with E-state index in [2.05, 4.69) is 44.8 Å². The normalized spacial score (nSPS) is 22.1. The molecule has 32 heavy (non-hydrogen) atoms. The molecular formula is C23H32N6O3. The molecule has 1 fully saturated rings. The number of amides is 2. The van der Waals surface area contributed by atoms with E-state index in [9.17, 15) is 14.7 Å². The monoisotopic (exact) mass is 440 g/mol. The highest BCUT2D eigenvalue weighted by Gasteiger charge is 2.45. The predicted molar refractivity (Wildman–Crippen MR) is 118 cm³/mol. The van der Waals surface area contributed by atoms with Crippen LogP contribution in [0.3, 0.4) is 0 Å². The van der Waals surface area contributed by atoms with Gasteiger partial charge in [0.15, 0.2) is 0 Å². The number of β-amino-alcohol motifs (C(OH)–C–C–N with tert-alkyl or cyclic N) is 1. The van der Waals surface area contributed by atoms with E-state index in [4.69, 9.17) is 0 Å². The number of nitrogens with one attached hydrogen (secondary N) is 1. The van der Waals surface area contributed by atoms with Gasteiger partial charge in [0.25, 0.3) is 0 Å². The van der Waals surface area contributed by atoms with Crippen LogP contribution in [0.4, 0.5) is 0 Å². The van der Waals surface area contributed by atoms with Crippen molar-refractivity contribution in [1.29, 1.82) is 0 Å². The number of hydrogen-bond acceptors (Lipinski definition) is 6. The maximum absolute atomic E-state index is 13.6. The quantitative estimate of drug-likeness (QED) is 0.721. The standard InChI is InChI=1S/C23H32N6O3/c1-23(2,3)20(22(32)28-14-18(30)9-19(28)21(31)24-4)29-13-17(25-26-29)12-27-10-15-7-5-6-8-16(15)11-27/h5-8,13,18-20,30H,9-12,14H2,1-4H3,(H,24,31)/t18?,19?,20-/m1/s1. The SMILES string of the molecule is CNC(=O)C1CC(O)CN1C(=O)[C@@H](n1cc(CN2Cc3ccccc3C2)nn1)C(C)(C)C. The van der Waals surface area contributed by atoms with Crippen molar-refractivity contribution in [3.8, 4) is 0 Å². The topological polar surface area (TPSA) is 104 Å². The summed E-state index contributed by atoms with van der Waals surface area (Å²) in [7, 11) is 1.54. The molecular weight excluding hydrogens is 408 g/mol. The van der Waals surface area contributed by atoms with Crippen molar-refractivity contribution in [2.45, 2.75) is 65.0 Å². The van der Waals surface area contributed by atoms with Crippen molar-refractivity contribution >= 4 is 11.8 Å². The zero-order chi connectivity index (χ0) is 23.0. The third-order valence-corrected chi connectivity index (χ3v) is 6.28. The summed E-state index contributed by atoms with van der Waals surface area (Å²) in [5, 5.41) is 21.4. The van der Waals surface area contributed by atoms with Crippen molar-refractivity contribution in [3.05, 3.63) is 47.3 Å². The Morgan fingerprint density at radius 3 is 2.47 bits per heavy atom. The van der Waals surface area contributed by atoms with Crippen LogP contribution in [0, 0.1) is 5.41 Å². The zero-order valence-electron chi connectivity index (χ0n) is 19.2. The molecule has 1 aromatic heterocycles. The van der Waals surface area contributed by atoms with Gasteiger partial charge in [-0.3, -0.25) is 14.5 Å². The number of benzene rings is 1. The second-order valence-corrected chi connectivity index (χ2v) is 9.88. The first kappa shape index (κ1) is 22.4. The third kappa shape index (κ3) is 4.40. The summed E-state index contributed by atoms with van der Waals surface area (Å²) in [4.78, 5) is 29.7. The number of aliphatic hydroxyl groups excluding tert-OH is 1. The molecule has 9 heteroatoms. The summed E-state index contributed by atoms with van der Waals surface area (Å²) in [5.74, 6) is -0.497. The molecule has 0 aliphatic carbocycles. The van der Waals surface area contributed by atoms with E-state index in [1.807, 2.05) is 27.0 Å². The van der Waals surface area contributed by atoms with Crippen LogP contribution in [-0.4, -0.2) is 67.5 Å². The van der Waals surface area contributed by atoms with Crippen LogP contribution < -0.4 is 5.32 Å². The number of aliphatic hydroxyl groups is 1. The second-order valence-electron chi connectivity index (χ2n) is 9.88. The molecule has 1 saturated heterocycles. The highest BCUT2D eigenvalue weighted by Crippen LogP contribution is 2.34. The average molecular weight is 441 g/mol. The fraction of sp³-hybridized carbons (Fsp3) is 0.565. The van der Waals surface area contributed by atoms with Crippen molar-refractivity contribution in [2.24, 2.45) is 5.41 Å². The first-order valence-electron chi connectivity index (χ1n) is 11.1. The smallest absolute Gasteiger partial charge is 0.248 e. The van der Waals surface area contributed by atoms with Gasteiger partial charge >= 0.3 is 0 Å². The average Bonchev–Trinajstić information content (AvgIpc) is 3.44. The van der Waals surface area contributed by atoms with Crippen molar-refractivity contribution in [2.75, 3.05) is 13.6 Å². The van der Waals surface area contributed by atoms with Crippen LogP contribution in [-0.2, 0) is 29.2 Å². The van der Waals surface area contributed by atoms with Gasteiger partial charge in [-0.25, -0.2) is 4.68 Å². The molecule has 9 nitrogen and oxygen atoms in total.